The number of nitrogen functional groups attached to an aromatic ring is 2. The summed E-state index contributed by atoms with van der Waals surface area (Å²) in [5.41, 5.74) is 12.6. The molecule has 1 aromatic heterocycles. The lowest BCUT2D eigenvalue weighted by atomic mass is 10.1. The maximum absolute atomic E-state index is 12.3. The van der Waals surface area contributed by atoms with Crippen LogP contribution < -0.4 is 11.5 Å². The molecule has 17 heavy (non-hydrogen) atoms. The van der Waals surface area contributed by atoms with Crippen molar-refractivity contribution in [2.24, 2.45) is 0 Å². The Labute approximate surface area is 95.2 Å². The molecule has 4 N–H and O–H groups in total. The van der Waals surface area contributed by atoms with Crippen molar-refractivity contribution in [3.63, 3.8) is 0 Å². The van der Waals surface area contributed by atoms with Crippen molar-refractivity contribution in [3.05, 3.63) is 18.2 Å². The van der Waals surface area contributed by atoms with E-state index < -0.39 is 13.0 Å². The second-order valence-corrected chi connectivity index (χ2v) is 3.42. The van der Waals surface area contributed by atoms with Gasteiger partial charge in [-0.15, -0.1) is 5.10 Å². The van der Waals surface area contributed by atoms with Crippen LogP contribution in [0, 0.1) is 0 Å². The molecule has 0 unspecified atom stereocenters. The first-order chi connectivity index (χ1) is 8.08. The van der Waals surface area contributed by atoms with E-state index in [4.69, 9.17) is 11.5 Å². The quantitative estimate of drug-likeness (QED) is 0.772. The molecule has 0 amide bonds. The van der Waals surface area contributed by atoms with Gasteiger partial charge in [0.05, 0.1) is 0 Å². The summed E-state index contributed by atoms with van der Waals surface area (Å²) in [6, 6.07) is 4.72. The van der Waals surface area contributed by atoms with Crippen molar-refractivity contribution in [2.75, 3.05) is 11.5 Å². The van der Waals surface area contributed by atoms with E-state index in [1.54, 1.807) is 12.1 Å². The molecule has 0 radical (unpaired) electrons. The number of anilines is 2. The summed E-state index contributed by atoms with van der Waals surface area (Å²) < 4.78 is 25.6. The zero-order chi connectivity index (χ0) is 12.4. The van der Waals surface area contributed by atoms with E-state index >= 15 is 0 Å². The fourth-order valence-corrected chi connectivity index (χ4v) is 1.44. The fourth-order valence-electron chi connectivity index (χ4n) is 1.44. The van der Waals surface area contributed by atoms with Crippen LogP contribution in [0.4, 0.5) is 20.2 Å². The fraction of sp³-hybridized carbons (Fsp3) is 0.222. The Balaban J connectivity index is 2.42. The number of hydrogen-bond donors (Lipinski definition) is 2. The molecule has 0 aliphatic rings. The highest BCUT2D eigenvalue weighted by atomic mass is 19.3. The van der Waals surface area contributed by atoms with Gasteiger partial charge in [-0.05, 0) is 28.6 Å². The summed E-state index contributed by atoms with van der Waals surface area (Å²) in [6.45, 7) is -0.577. The van der Waals surface area contributed by atoms with Crippen molar-refractivity contribution in [2.45, 2.75) is 13.0 Å². The van der Waals surface area contributed by atoms with Crippen LogP contribution >= 0.6 is 0 Å². The van der Waals surface area contributed by atoms with Gasteiger partial charge >= 0.3 is 0 Å². The van der Waals surface area contributed by atoms with Crippen LogP contribution in [-0.2, 0) is 6.54 Å². The normalized spacial score (nSPS) is 11.0. The number of tetrazole rings is 1. The maximum Gasteiger partial charge on any atom is 0.258 e. The lowest BCUT2D eigenvalue weighted by Gasteiger charge is -2.06. The third-order valence-electron chi connectivity index (χ3n) is 2.16. The number of rotatable bonds is 3. The van der Waals surface area contributed by atoms with Gasteiger partial charge in [-0.2, -0.15) is 0 Å². The summed E-state index contributed by atoms with van der Waals surface area (Å²) in [6.07, 6.45) is -2.53. The van der Waals surface area contributed by atoms with Crippen molar-refractivity contribution in [1.82, 2.24) is 20.2 Å². The molecule has 0 atom stereocenters. The summed E-state index contributed by atoms with van der Waals surface area (Å²) >= 11 is 0. The van der Waals surface area contributed by atoms with Crippen LogP contribution in [0.3, 0.4) is 0 Å². The van der Waals surface area contributed by atoms with Gasteiger partial charge in [0, 0.05) is 16.9 Å². The Morgan fingerprint density at radius 3 is 2.71 bits per heavy atom. The Morgan fingerprint density at radius 1 is 1.29 bits per heavy atom. The molecule has 0 spiro atoms. The number of nitrogens with two attached hydrogens (primary N) is 2. The van der Waals surface area contributed by atoms with Crippen molar-refractivity contribution in [1.29, 1.82) is 0 Å². The minimum Gasteiger partial charge on any atom is -0.399 e. The van der Waals surface area contributed by atoms with Gasteiger partial charge in [0.25, 0.3) is 6.43 Å². The van der Waals surface area contributed by atoms with E-state index in [1.807, 2.05) is 0 Å². The Bertz CT molecular complexity index is 524. The van der Waals surface area contributed by atoms with E-state index in [9.17, 15) is 8.78 Å². The van der Waals surface area contributed by atoms with E-state index in [2.05, 4.69) is 15.5 Å². The number of halogens is 2. The van der Waals surface area contributed by atoms with Gasteiger partial charge < -0.3 is 11.5 Å². The smallest absolute Gasteiger partial charge is 0.258 e. The predicted octanol–water partition coefficient (Wildman–Crippen LogP) is 0.770. The predicted molar refractivity (Wildman–Crippen MR) is 58.1 cm³/mol. The molecule has 2 rings (SSSR count). The highest BCUT2D eigenvalue weighted by Gasteiger charge is 2.15. The molecule has 2 aromatic rings. The summed E-state index contributed by atoms with van der Waals surface area (Å²) in [5, 5.41) is 10.5. The molecule has 0 aliphatic heterocycles. The standard InChI is InChI=1S/C9H10F2N6/c10-8(11)4-17-9(14-15-16-17)6-2-1-5(12)3-7(6)13/h1-3,8H,4,12-13H2. The number of alkyl halides is 2. The zero-order valence-electron chi connectivity index (χ0n) is 8.72. The molecule has 6 nitrogen and oxygen atoms in total. The number of benzene rings is 1. The van der Waals surface area contributed by atoms with Crippen molar-refractivity contribution < 1.29 is 8.78 Å². The topological polar surface area (TPSA) is 95.6 Å². The zero-order valence-corrected chi connectivity index (χ0v) is 8.72. The molecule has 0 bridgehead atoms. The first-order valence-corrected chi connectivity index (χ1v) is 4.77. The maximum atomic E-state index is 12.3. The third kappa shape index (κ3) is 2.30. The molecule has 0 fully saturated rings. The molecule has 0 aliphatic carbocycles. The monoisotopic (exact) mass is 240 g/mol. The van der Waals surface area contributed by atoms with Gasteiger partial charge in [-0.3, -0.25) is 0 Å². The van der Waals surface area contributed by atoms with E-state index in [1.165, 1.54) is 6.07 Å². The van der Waals surface area contributed by atoms with E-state index in [-0.39, 0.29) is 5.82 Å². The lowest BCUT2D eigenvalue weighted by molar-refractivity contribution is 0.121. The summed E-state index contributed by atoms with van der Waals surface area (Å²) in [5.74, 6) is 0.197. The largest absolute Gasteiger partial charge is 0.399 e. The molecule has 0 saturated heterocycles. The second kappa shape index (κ2) is 4.32. The molecule has 1 aromatic carbocycles. The van der Waals surface area contributed by atoms with Crippen molar-refractivity contribution in [3.8, 4) is 11.4 Å². The summed E-state index contributed by atoms with van der Waals surface area (Å²) in [7, 11) is 0. The number of aromatic nitrogens is 4. The van der Waals surface area contributed by atoms with Gasteiger partial charge in [0.15, 0.2) is 5.82 Å². The van der Waals surface area contributed by atoms with Gasteiger partial charge in [0.2, 0.25) is 0 Å². The Kier molecular flexibility index (Phi) is 2.86. The van der Waals surface area contributed by atoms with Gasteiger partial charge in [-0.1, -0.05) is 0 Å². The Hall–Kier alpha value is -2.25. The minimum absolute atomic E-state index is 0.197. The van der Waals surface area contributed by atoms with Crippen LogP contribution in [0.5, 0.6) is 0 Å². The molecular weight excluding hydrogens is 230 g/mol. The van der Waals surface area contributed by atoms with Crippen LogP contribution in [0.1, 0.15) is 0 Å². The number of hydrogen-bond acceptors (Lipinski definition) is 5. The molecule has 1 heterocycles. The third-order valence-corrected chi connectivity index (χ3v) is 2.16. The van der Waals surface area contributed by atoms with Gasteiger partial charge in [-0.25, -0.2) is 13.5 Å². The molecule has 90 valence electrons. The highest BCUT2D eigenvalue weighted by molar-refractivity contribution is 5.74. The molecular formula is C9H10F2N6. The highest BCUT2D eigenvalue weighted by Crippen LogP contribution is 2.25. The van der Waals surface area contributed by atoms with Crippen LogP contribution in [-0.4, -0.2) is 26.6 Å². The lowest BCUT2D eigenvalue weighted by Crippen LogP contribution is -2.10. The van der Waals surface area contributed by atoms with Crippen LogP contribution in [0.15, 0.2) is 18.2 Å². The van der Waals surface area contributed by atoms with Crippen molar-refractivity contribution >= 4 is 11.4 Å². The molecule has 8 heteroatoms. The van der Waals surface area contributed by atoms with Crippen LogP contribution in [0.2, 0.25) is 0 Å². The van der Waals surface area contributed by atoms with E-state index in [0.717, 1.165) is 4.68 Å². The Morgan fingerprint density at radius 2 is 2.06 bits per heavy atom. The van der Waals surface area contributed by atoms with Crippen LogP contribution in [0.25, 0.3) is 11.4 Å². The average molecular weight is 240 g/mol. The van der Waals surface area contributed by atoms with Gasteiger partial charge in [0.1, 0.15) is 6.54 Å². The minimum atomic E-state index is -2.53. The first kappa shape index (κ1) is 11.2. The SMILES string of the molecule is Nc1ccc(-c2nnnn2CC(F)F)c(N)c1. The first-order valence-electron chi connectivity index (χ1n) is 4.77. The molecule has 0 saturated carbocycles. The summed E-state index contributed by atoms with van der Waals surface area (Å²) in [4.78, 5) is 0. The average Bonchev–Trinajstić information content (AvgIpc) is 2.65. The van der Waals surface area contributed by atoms with E-state index in [0.29, 0.717) is 16.9 Å². The second-order valence-electron chi connectivity index (χ2n) is 3.42. The number of nitrogens with zero attached hydrogens (tertiary/aromatic N) is 4.